The molecule has 0 radical (unpaired) electrons. The number of benzene rings is 1. The quantitative estimate of drug-likeness (QED) is 0.857. The summed E-state index contributed by atoms with van der Waals surface area (Å²) in [6.45, 7) is 2.07. The number of hydrogen-bond donors (Lipinski definition) is 0. The van der Waals surface area contributed by atoms with E-state index in [9.17, 15) is 4.79 Å². The zero-order chi connectivity index (χ0) is 13.8. The van der Waals surface area contributed by atoms with Crippen LogP contribution in [0.1, 0.15) is 27.0 Å². The van der Waals surface area contributed by atoms with Gasteiger partial charge in [0.15, 0.2) is 0 Å². The van der Waals surface area contributed by atoms with Gasteiger partial charge in [-0.15, -0.1) is 11.3 Å². The predicted octanol–water partition coefficient (Wildman–Crippen LogP) is 3.46. The van der Waals surface area contributed by atoms with Crippen LogP contribution in [0.2, 0.25) is 0 Å². The first-order valence-corrected chi connectivity index (χ1v) is 6.84. The second kappa shape index (κ2) is 5.68. The number of nitriles is 1. The average molecular weight is 270 g/mol. The molecule has 4 heteroatoms. The molecule has 1 amide bonds. The van der Waals surface area contributed by atoms with E-state index in [1.54, 1.807) is 30.1 Å². The second-order valence-corrected chi connectivity index (χ2v) is 5.31. The molecule has 0 fully saturated rings. The molecular weight excluding hydrogens is 256 g/mol. The molecule has 0 aliphatic rings. The van der Waals surface area contributed by atoms with Crippen molar-refractivity contribution in [2.24, 2.45) is 0 Å². The van der Waals surface area contributed by atoms with Crippen LogP contribution in [0.4, 0.5) is 5.69 Å². The van der Waals surface area contributed by atoms with E-state index < -0.39 is 0 Å². The van der Waals surface area contributed by atoms with Gasteiger partial charge in [0.25, 0.3) is 5.91 Å². The Balaban J connectivity index is 2.25. The van der Waals surface area contributed by atoms with E-state index in [1.807, 2.05) is 18.2 Å². The summed E-state index contributed by atoms with van der Waals surface area (Å²) in [6.07, 6.45) is 0.936. The fraction of sp³-hybridized carbons (Fsp3) is 0.200. The van der Waals surface area contributed by atoms with Crippen molar-refractivity contribution < 1.29 is 4.79 Å². The minimum Gasteiger partial charge on any atom is -0.311 e. The lowest BCUT2D eigenvalue weighted by molar-refractivity contribution is 0.0997. The van der Waals surface area contributed by atoms with E-state index in [-0.39, 0.29) is 5.91 Å². The maximum absolute atomic E-state index is 12.3. The van der Waals surface area contributed by atoms with Crippen LogP contribution in [-0.2, 0) is 6.42 Å². The Morgan fingerprint density at radius 3 is 2.79 bits per heavy atom. The zero-order valence-corrected chi connectivity index (χ0v) is 11.7. The van der Waals surface area contributed by atoms with Crippen LogP contribution in [0.15, 0.2) is 36.4 Å². The highest BCUT2D eigenvalue weighted by molar-refractivity contribution is 7.14. The van der Waals surface area contributed by atoms with Crippen LogP contribution in [-0.4, -0.2) is 13.0 Å². The van der Waals surface area contributed by atoms with Crippen LogP contribution in [0.3, 0.4) is 0 Å². The normalized spacial score (nSPS) is 9.95. The average Bonchev–Trinajstić information content (AvgIpc) is 2.94. The third kappa shape index (κ3) is 2.83. The van der Waals surface area contributed by atoms with Gasteiger partial charge in [-0.1, -0.05) is 13.0 Å². The summed E-state index contributed by atoms with van der Waals surface area (Å²) in [6, 6.07) is 13.0. The van der Waals surface area contributed by atoms with Gasteiger partial charge in [-0.25, -0.2) is 0 Å². The number of hydrogen-bond acceptors (Lipinski definition) is 3. The highest BCUT2D eigenvalue weighted by Crippen LogP contribution is 2.22. The second-order valence-electron chi connectivity index (χ2n) is 4.15. The molecule has 1 aromatic heterocycles. The summed E-state index contributed by atoms with van der Waals surface area (Å²) < 4.78 is 0. The smallest absolute Gasteiger partial charge is 0.268 e. The van der Waals surface area contributed by atoms with Gasteiger partial charge in [0.2, 0.25) is 0 Å². The molecule has 2 aromatic rings. The number of thiophene rings is 1. The van der Waals surface area contributed by atoms with Crippen LogP contribution >= 0.6 is 11.3 Å². The lowest BCUT2D eigenvalue weighted by Gasteiger charge is -2.16. The highest BCUT2D eigenvalue weighted by Gasteiger charge is 2.15. The predicted molar refractivity (Wildman–Crippen MR) is 77.6 cm³/mol. The molecule has 2 rings (SSSR count). The first-order valence-electron chi connectivity index (χ1n) is 6.02. The SMILES string of the molecule is CCc1ccc(C(=O)N(C)c2cccc(C#N)c2)s1. The maximum Gasteiger partial charge on any atom is 0.268 e. The highest BCUT2D eigenvalue weighted by atomic mass is 32.1. The number of aryl methyl sites for hydroxylation is 1. The number of rotatable bonds is 3. The van der Waals surface area contributed by atoms with Crippen molar-refractivity contribution in [2.75, 3.05) is 11.9 Å². The molecule has 3 nitrogen and oxygen atoms in total. The van der Waals surface area contributed by atoms with E-state index in [0.717, 1.165) is 17.0 Å². The third-order valence-corrected chi connectivity index (χ3v) is 4.11. The Hall–Kier alpha value is -2.12. The van der Waals surface area contributed by atoms with Crippen molar-refractivity contribution in [1.29, 1.82) is 5.26 Å². The topological polar surface area (TPSA) is 44.1 Å². The molecule has 0 saturated heterocycles. The Bertz CT molecular complexity index is 640. The Kier molecular flexibility index (Phi) is 3.98. The van der Waals surface area contributed by atoms with Gasteiger partial charge in [-0.2, -0.15) is 5.26 Å². The summed E-state index contributed by atoms with van der Waals surface area (Å²) in [5, 5.41) is 8.88. The summed E-state index contributed by atoms with van der Waals surface area (Å²) in [5.41, 5.74) is 1.29. The molecule has 0 N–H and O–H groups in total. The molecule has 0 spiro atoms. The van der Waals surface area contributed by atoms with Crippen molar-refractivity contribution >= 4 is 22.9 Å². The van der Waals surface area contributed by atoms with E-state index in [0.29, 0.717) is 5.56 Å². The maximum atomic E-state index is 12.3. The van der Waals surface area contributed by atoms with Gasteiger partial charge in [-0.3, -0.25) is 4.79 Å². The van der Waals surface area contributed by atoms with Gasteiger partial charge < -0.3 is 4.90 Å². The molecule has 96 valence electrons. The molecule has 0 atom stereocenters. The largest absolute Gasteiger partial charge is 0.311 e. The lowest BCUT2D eigenvalue weighted by Crippen LogP contribution is -2.25. The molecule has 0 aliphatic heterocycles. The van der Waals surface area contributed by atoms with Gasteiger partial charge in [-0.05, 0) is 36.8 Å². The van der Waals surface area contributed by atoms with Crippen LogP contribution in [0, 0.1) is 11.3 Å². The van der Waals surface area contributed by atoms with Crippen molar-refractivity contribution in [2.45, 2.75) is 13.3 Å². The van der Waals surface area contributed by atoms with Crippen LogP contribution in [0.5, 0.6) is 0 Å². The molecule has 19 heavy (non-hydrogen) atoms. The van der Waals surface area contributed by atoms with Crippen LogP contribution in [0.25, 0.3) is 0 Å². The third-order valence-electron chi connectivity index (χ3n) is 2.89. The molecule has 0 unspecified atom stereocenters. The monoisotopic (exact) mass is 270 g/mol. The van der Waals surface area contributed by atoms with Crippen molar-refractivity contribution in [1.82, 2.24) is 0 Å². The Labute approximate surface area is 116 Å². The van der Waals surface area contributed by atoms with Crippen molar-refractivity contribution in [3.63, 3.8) is 0 Å². The lowest BCUT2D eigenvalue weighted by atomic mass is 10.2. The number of carbonyl (C=O) groups is 1. The van der Waals surface area contributed by atoms with Gasteiger partial charge >= 0.3 is 0 Å². The minimum absolute atomic E-state index is 0.0419. The number of carbonyl (C=O) groups excluding carboxylic acids is 1. The fourth-order valence-corrected chi connectivity index (χ4v) is 2.67. The van der Waals surface area contributed by atoms with Crippen molar-refractivity contribution in [3.8, 4) is 6.07 Å². The van der Waals surface area contributed by atoms with Gasteiger partial charge in [0.1, 0.15) is 0 Å². The Morgan fingerprint density at radius 1 is 1.37 bits per heavy atom. The van der Waals surface area contributed by atoms with E-state index >= 15 is 0 Å². The molecule has 0 saturated carbocycles. The summed E-state index contributed by atoms with van der Waals surface area (Å²) >= 11 is 1.52. The van der Waals surface area contributed by atoms with Crippen molar-refractivity contribution in [3.05, 3.63) is 51.7 Å². The van der Waals surface area contributed by atoms with Gasteiger partial charge in [0.05, 0.1) is 16.5 Å². The van der Waals surface area contributed by atoms with E-state index in [4.69, 9.17) is 5.26 Å². The number of nitrogens with zero attached hydrogens (tertiary/aromatic N) is 2. The first-order chi connectivity index (χ1) is 9.15. The standard InChI is InChI=1S/C15H14N2OS/c1-3-13-7-8-14(19-13)15(18)17(2)12-6-4-5-11(9-12)10-16/h4-9H,3H2,1-2H3. The molecular formula is C15H14N2OS. The molecule has 0 aliphatic carbocycles. The number of amides is 1. The molecule has 1 aromatic carbocycles. The summed E-state index contributed by atoms with van der Waals surface area (Å²) in [7, 11) is 1.73. The molecule has 0 bridgehead atoms. The van der Waals surface area contributed by atoms with Crippen LogP contribution < -0.4 is 4.90 Å². The zero-order valence-electron chi connectivity index (χ0n) is 10.9. The van der Waals surface area contributed by atoms with E-state index in [1.165, 1.54) is 16.2 Å². The Morgan fingerprint density at radius 2 is 2.16 bits per heavy atom. The summed E-state index contributed by atoms with van der Waals surface area (Å²) in [4.78, 5) is 15.8. The number of anilines is 1. The van der Waals surface area contributed by atoms with E-state index in [2.05, 4.69) is 13.0 Å². The first kappa shape index (κ1) is 13.3. The molecule has 1 heterocycles. The minimum atomic E-state index is -0.0419. The summed E-state index contributed by atoms with van der Waals surface area (Å²) in [5.74, 6) is -0.0419. The fourth-order valence-electron chi connectivity index (χ4n) is 1.75. The van der Waals surface area contributed by atoms with Gasteiger partial charge in [0, 0.05) is 17.6 Å².